The van der Waals surface area contributed by atoms with E-state index in [4.69, 9.17) is 0 Å². The molecule has 0 N–H and O–H groups in total. The third-order valence-electron chi connectivity index (χ3n) is 1.78. The summed E-state index contributed by atoms with van der Waals surface area (Å²) in [5, 5.41) is -6.36. The highest BCUT2D eigenvalue weighted by Crippen LogP contribution is 2.52. The van der Waals surface area contributed by atoms with E-state index in [0.29, 0.717) is 0 Å². The number of rotatable bonds is 4. The molecule has 1 unspecified atom stereocenters. The Morgan fingerprint density at radius 2 is 1.00 bits per heavy atom. The zero-order valence-corrected chi connectivity index (χ0v) is 9.57. The van der Waals surface area contributed by atoms with E-state index in [1.165, 1.54) is 0 Å². The summed E-state index contributed by atoms with van der Waals surface area (Å²) in [5.74, 6) is 0. The Bertz CT molecular complexity index is 338. The fourth-order valence-corrected chi connectivity index (χ4v) is 0.972. The molecule has 0 rings (SSSR count). The Hall–Kier alpha value is -0.660. The molecule has 0 aliphatic rings. The first-order valence-corrected chi connectivity index (χ1v) is 4.55. The summed E-state index contributed by atoms with van der Waals surface area (Å²) in [6.45, 7) is 0. The van der Waals surface area contributed by atoms with Gasteiger partial charge in [0.2, 0.25) is 0 Å². The Morgan fingerprint density at radius 1 is 0.667 bits per heavy atom. The molecule has 1 nitrogen and oxygen atoms in total. The van der Waals surface area contributed by atoms with E-state index in [-0.39, 0.29) is 0 Å². The first-order chi connectivity index (χ1) is 8.78. The third kappa shape index (κ3) is 3.76. The predicted molar refractivity (Wildman–Crippen MR) is 39.5 cm³/mol. The van der Waals surface area contributed by atoms with Crippen LogP contribution >= 0.6 is 11.6 Å². The summed E-state index contributed by atoms with van der Waals surface area (Å²) in [6.07, 6.45) is -19.8. The molecule has 0 saturated carbocycles. The van der Waals surface area contributed by atoms with Gasteiger partial charge < -0.3 is 0 Å². The largest absolute Gasteiger partial charge is 0.469 e. The Morgan fingerprint density at radius 3 is 1.19 bits per heavy atom. The predicted octanol–water partition coefficient (Wildman–Crippen LogP) is 4.73. The molecule has 0 aromatic heterocycles. The number of nitrogens with zero attached hydrogens (tertiary/aromatic N) is 1. The van der Waals surface area contributed by atoms with Crippen LogP contribution in [0.3, 0.4) is 0 Å². The van der Waals surface area contributed by atoms with Gasteiger partial charge in [0.25, 0.3) is 6.30 Å². The highest BCUT2D eigenvalue weighted by atomic mass is 35.5. The molecule has 0 saturated heterocycles. The standard InChI is InChI=1S/C6HClF13N/c7-3(12,13)5(17,18)21(1(8)2(9,10)11)6(19,20)4(14,15)16/h1H. The van der Waals surface area contributed by atoms with Crippen LogP contribution in [0.2, 0.25) is 0 Å². The van der Waals surface area contributed by atoms with Gasteiger partial charge in [0.05, 0.1) is 0 Å². The van der Waals surface area contributed by atoms with Gasteiger partial charge in [-0.15, -0.1) is 4.90 Å². The second-order valence-corrected chi connectivity index (χ2v) is 3.80. The van der Waals surface area contributed by atoms with Crippen LogP contribution in [0.1, 0.15) is 0 Å². The van der Waals surface area contributed by atoms with Gasteiger partial charge in [0, 0.05) is 0 Å². The SMILES string of the molecule is FC(N(C(F)(F)C(F)(F)F)C(F)(F)C(F)(F)Cl)C(F)(F)F. The van der Waals surface area contributed by atoms with E-state index >= 15 is 0 Å². The van der Waals surface area contributed by atoms with Crippen LogP contribution in [-0.2, 0) is 0 Å². The lowest BCUT2D eigenvalue weighted by atomic mass is 10.3. The molecule has 0 aliphatic carbocycles. The summed E-state index contributed by atoms with van der Waals surface area (Å²) < 4.78 is 158. The van der Waals surface area contributed by atoms with Gasteiger partial charge in [-0.3, -0.25) is 0 Å². The zero-order chi connectivity index (χ0) is 17.7. The van der Waals surface area contributed by atoms with Gasteiger partial charge >= 0.3 is 29.8 Å². The lowest BCUT2D eigenvalue weighted by molar-refractivity contribution is -0.440. The summed E-state index contributed by atoms with van der Waals surface area (Å²) in [7, 11) is 0. The molecule has 15 heteroatoms. The Labute approximate surface area is 111 Å². The van der Waals surface area contributed by atoms with Crippen LogP contribution in [0.5, 0.6) is 0 Å². The van der Waals surface area contributed by atoms with E-state index < -0.39 is 41.0 Å². The maximum Gasteiger partial charge on any atom is 0.469 e. The van der Waals surface area contributed by atoms with Crippen molar-refractivity contribution < 1.29 is 57.1 Å². The van der Waals surface area contributed by atoms with E-state index in [1.54, 1.807) is 0 Å². The minimum absolute atomic E-state index is 3.51. The lowest BCUT2D eigenvalue weighted by Crippen LogP contribution is -2.68. The van der Waals surface area contributed by atoms with Crippen LogP contribution in [0, 0.1) is 0 Å². The van der Waals surface area contributed by atoms with Gasteiger partial charge in [-0.2, -0.15) is 52.7 Å². The van der Waals surface area contributed by atoms with E-state index in [0.717, 1.165) is 0 Å². The summed E-state index contributed by atoms with van der Waals surface area (Å²) >= 11 is 3.51. The van der Waals surface area contributed by atoms with Crippen LogP contribution < -0.4 is 0 Å². The van der Waals surface area contributed by atoms with Crippen LogP contribution in [0.15, 0.2) is 0 Å². The van der Waals surface area contributed by atoms with Crippen molar-refractivity contribution in [2.75, 3.05) is 0 Å². The molecule has 0 heterocycles. The number of halogens is 14. The number of hydrogen-bond donors (Lipinski definition) is 0. The molecule has 0 fully saturated rings. The smallest absolute Gasteiger partial charge is 0.219 e. The first kappa shape index (κ1) is 20.3. The highest BCUT2D eigenvalue weighted by molar-refractivity contribution is 6.22. The molecule has 0 aliphatic heterocycles. The van der Waals surface area contributed by atoms with E-state index in [1.807, 2.05) is 0 Å². The molecule has 0 amide bonds. The molecule has 0 bridgehead atoms. The van der Waals surface area contributed by atoms with Gasteiger partial charge in [-0.05, 0) is 11.6 Å². The van der Waals surface area contributed by atoms with Crippen molar-refractivity contribution >= 4 is 11.6 Å². The van der Waals surface area contributed by atoms with E-state index in [9.17, 15) is 57.1 Å². The van der Waals surface area contributed by atoms with Crippen molar-refractivity contribution in [3.8, 4) is 0 Å². The topological polar surface area (TPSA) is 3.24 Å². The van der Waals surface area contributed by atoms with Crippen LogP contribution in [0.4, 0.5) is 57.1 Å². The van der Waals surface area contributed by atoms with Crippen LogP contribution in [-0.4, -0.2) is 41.0 Å². The number of hydrogen-bond acceptors (Lipinski definition) is 1. The summed E-state index contributed by atoms with van der Waals surface area (Å²) in [5.41, 5.74) is 0. The third-order valence-corrected chi connectivity index (χ3v) is 2.01. The second kappa shape index (κ2) is 5.21. The second-order valence-electron chi connectivity index (χ2n) is 3.33. The van der Waals surface area contributed by atoms with Gasteiger partial charge in [-0.1, -0.05) is 0 Å². The van der Waals surface area contributed by atoms with Gasteiger partial charge in [-0.25, -0.2) is 4.39 Å². The average molecular weight is 370 g/mol. The maximum atomic E-state index is 12.7. The molecule has 0 spiro atoms. The quantitative estimate of drug-likeness (QED) is 0.394. The molecule has 128 valence electrons. The molecule has 0 radical (unpaired) electrons. The molecule has 1 atom stereocenters. The molecule has 0 aromatic rings. The van der Waals surface area contributed by atoms with Crippen molar-refractivity contribution in [2.45, 2.75) is 36.1 Å². The zero-order valence-electron chi connectivity index (χ0n) is 8.82. The monoisotopic (exact) mass is 369 g/mol. The summed E-state index contributed by atoms with van der Waals surface area (Å²) in [6, 6.07) is -14.3. The number of alkyl halides is 14. The molecular formula is C6HClF13N. The Balaban J connectivity index is 6.20. The van der Waals surface area contributed by atoms with Crippen molar-refractivity contribution in [1.29, 1.82) is 0 Å². The minimum atomic E-state index is -7.30. The normalized spacial score (nSPS) is 17.3. The van der Waals surface area contributed by atoms with Crippen molar-refractivity contribution in [3.63, 3.8) is 0 Å². The van der Waals surface area contributed by atoms with Gasteiger partial charge in [0.1, 0.15) is 0 Å². The summed E-state index contributed by atoms with van der Waals surface area (Å²) in [4.78, 5) is -3.67. The van der Waals surface area contributed by atoms with Crippen molar-refractivity contribution in [3.05, 3.63) is 0 Å². The van der Waals surface area contributed by atoms with Gasteiger partial charge in [0.15, 0.2) is 0 Å². The van der Waals surface area contributed by atoms with Crippen LogP contribution in [0.25, 0.3) is 0 Å². The average Bonchev–Trinajstić information content (AvgIpc) is 2.11. The molecular weight excluding hydrogens is 368 g/mol. The maximum absolute atomic E-state index is 12.7. The molecule has 0 aromatic carbocycles. The fraction of sp³-hybridized carbons (Fsp3) is 1.00. The Kier molecular flexibility index (Phi) is 5.04. The lowest BCUT2D eigenvalue weighted by Gasteiger charge is -2.40. The highest BCUT2D eigenvalue weighted by Gasteiger charge is 2.78. The van der Waals surface area contributed by atoms with E-state index in [2.05, 4.69) is 11.6 Å². The van der Waals surface area contributed by atoms with Crippen molar-refractivity contribution in [1.82, 2.24) is 4.90 Å². The molecule has 21 heavy (non-hydrogen) atoms. The fourth-order valence-electron chi connectivity index (χ4n) is 0.881. The van der Waals surface area contributed by atoms with Crippen molar-refractivity contribution in [2.24, 2.45) is 0 Å². The minimum Gasteiger partial charge on any atom is -0.219 e. The first-order valence-electron chi connectivity index (χ1n) is 4.17.